The smallest absolute Gasteiger partial charge is 0.265 e. The number of ketones is 1. The minimum atomic E-state index is -0.401. The second kappa shape index (κ2) is 3.31. The van der Waals surface area contributed by atoms with Gasteiger partial charge in [-0.05, 0) is 12.1 Å². The molecule has 72 valence electrons. The molecular formula is C9H6ClNO3. The third-order valence-electron chi connectivity index (χ3n) is 1.76. The molecule has 0 aliphatic heterocycles. The van der Waals surface area contributed by atoms with Crippen LogP contribution in [0.4, 0.5) is 0 Å². The highest BCUT2D eigenvalue weighted by atomic mass is 35.5. The summed E-state index contributed by atoms with van der Waals surface area (Å²) in [5.74, 6) is -0.674. The van der Waals surface area contributed by atoms with Crippen molar-refractivity contribution >= 4 is 28.5 Å². The van der Waals surface area contributed by atoms with Gasteiger partial charge in [-0.25, -0.2) is 4.98 Å². The second-order valence-corrected chi connectivity index (χ2v) is 2.97. The van der Waals surface area contributed by atoms with Crippen molar-refractivity contribution in [3.8, 4) is 5.75 Å². The Morgan fingerprint density at radius 3 is 3.00 bits per heavy atom. The summed E-state index contributed by atoms with van der Waals surface area (Å²) < 4.78 is 5.10. The van der Waals surface area contributed by atoms with Crippen molar-refractivity contribution in [1.29, 1.82) is 0 Å². The lowest BCUT2D eigenvalue weighted by Crippen LogP contribution is -1.99. The van der Waals surface area contributed by atoms with E-state index in [2.05, 4.69) is 4.98 Å². The highest BCUT2D eigenvalue weighted by Gasteiger charge is 2.14. The Morgan fingerprint density at radius 2 is 2.36 bits per heavy atom. The van der Waals surface area contributed by atoms with Gasteiger partial charge in [-0.2, -0.15) is 0 Å². The lowest BCUT2D eigenvalue weighted by molar-refractivity contribution is 0.0986. The number of Topliss-reactive ketones (excluding diaryl/α,β-unsaturated/α-hetero) is 1. The Balaban J connectivity index is 2.62. The summed E-state index contributed by atoms with van der Waals surface area (Å²) in [6.45, 7) is 0. The summed E-state index contributed by atoms with van der Waals surface area (Å²) in [7, 11) is 0. The third kappa shape index (κ3) is 1.33. The van der Waals surface area contributed by atoms with Gasteiger partial charge >= 0.3 is 0 Å². The predicted molar refractivity (Wildman–Crippen MR) is 50.7 cm³/mol. The monoisotopic (exact) mass is 211 g/mol. The molecule has 1 aromatic carbocycles. The first kappa shape index (κ1) is 9.02. The summed E-state index contributed by atoms with van der Waals surface area (Å²) in [4.78, 5) is 15.0. The molecule has 0 aliphatic rings. The van der Waals surface area contributed by atoms with Gasteiger partial charge in [0.1, 0.15) is 5.75 Å². The summed E-state index contributed by atoms with van der Waals surface area (Å²) in [5, 5.41) is 9.37. The number of alkyl halides is 1. The molecule has 1 aromatic heterocycles. The number of nitrogens with zero attached hydrogens (tertiary/aromatic N) is 1. The average molecular weight is 212 g/mol. The standard InChI is InChI=1S/C9H6ClNO3/c10-4-6(13)9-11-8-5(12)2-1-3-7(8)14-9/h1-3,12H,4H2. The molecule has 4 nitrogen and oxygen atoms in total. The number of oxazole rings is 1. The fraction of sp³-hybridized carbons (Fsp3) is 0.111. The number of rotatable bonds is 2. The number of hydrogen-bond donors (Lipinski definition) is 1. The van der Waals surface area contributed by atoms with Crippen molar-refractivity contribution in [2.24, 2.45) is 0 Å². The zero-order valence-corrected chi connectivity index (χ0v) is 7.78. The first-order valence-electron chi connectivity index (χ1n) is 3.90. The number of carbonyl (C=O) groups is 1. The van der Waals surface area contributed by atoms with Crippen molar-refractivity contribution in [2.45, 2.75) is 0 Å². The van der Waals surface area contributed by atoms with Crippen molar-refractivity contribution in [2.75, 3.05) is 5.88 Å². The molecule has 0 bridgehead atoms. The van der Waals surface area contributed by atoms with Crippen molar-refractivity contribution in [3.63, 3.8) is 0 Å². The molecule has 1 heterocycles. The van der Waals surface area contributed by atoms with E-state index < -0.39 is 5.78 Å². The van der Waals surface area contributed by atoms with Crippen molar-refractivity contribution in [1.82, 2.24) is 4.98 Å². The summed E-state index contributed by atoms with van der Waals surface area (Å²) in [6.07, 6.45) is 0. The Labute approximate surface area is 84.1 Å². The quantitative estimate of drug-likeness (QED) is 0.609. The lowest BCUT2D eigenvalue weighted by atomic mass is 10.3. The minimum absolute atomic E-state index is 0.0140. The molecule has 0 unspecified atom stereocenters. The van der Waals surface area contributed by atoms with E-state index in [0.29, 0.717) is 5.58 Å². The van der Waals surface area contributed by atoms with Gasteiger partial charge in [0.15, 0.2) is 11.1 Å². The maximum atomic E-state index is 11.1. The normalized spacial score (nSPS) is 10.6. The number of phenols is 1. The van der Waals surface area contributed by atoms with Crippen LogP contribution in [0.1, 0.15) is 10.7 Å². The summed E-state index contributed by atoms with van der Waals surface area (Å²) in [5.41, 5.74) is 0.652. The van der Waals surface area contributed by atoms with E-state index in [9.17, 15) is 9.90 Å². The molecule has 5 heteroatoms. The highest BCUT2D eigenvalue weighted by molar-refractivity contribution is 6.29. The molecule has 0 amide bonds. The first-order valence-corrected chi connectivity index (χ1v) is 4.43. The van der Waals surface area contributed by atoms with E-state index >= 15 is 0 Å². The van der Waals surface area contributed by atoms with Crippen LogP contribution in [-0.2, 0) is 0 Å². The SMILES string of the molecule is O=C(CCl)c1nc2c(O)cccc2o1. The topological polar surface area (TPSA) is 63.3 Å². The van der Waals surface area contributed by atoms with E-state index in [-0.39, 0.29) is 23.0 Å². The van der Waals surface area contributed by atoms with Gasteiger partial charge in [0.2, 0.25) is 5.78 Å². The predicted octanol–water partition coefficient (Wildman–Crippen LogP) is 1.95. The van der Waals surface area contributed by atoms with Gasteiger partial charge in [0.25, 0.3) is 5.89 Å². The number of phenolic OH excluding ortho intramolecular Hbond substituents is 1. The Kier molecular flexibility index (Phi) is 2.13. The molecule has 0 saturated carbocycles. The molecule has 2 rings (SSSR count). The number of aromatic nitrogens is 1. The highest BCUT2D eigenvalue weighted by Crippen LogP contribution is 2.24. The number of para-hydroxylation sites is 1. The second-order valence-electron chi connectivity index (χ2n) is 2.70. The van der Waals surface area contributed by atoms with Gasteiger partial charge in [-0.1, -0.05) is 6.07 Å². The lowest BCUT2D eigenvalue weighted by Gasteiger charge is -1.87. The fourth-order valence-corrected chi connectivity index (χ4v) is 1.22. The van der Waals surface area contributed by atoms with Gasteiger partial charge in [0.05, 0.1) is 5.88 Å². The van der Waals surface area contributed by atoms with Crippen LogP contribution in [0.3, 0.4) is 0 Å². The van der Waals surface area contributed by atoms with Gasteiger partial charge in [0, 0.05) is 0 Å². The van der Waals surface area contributed by atoms with E-state index in [1.807, 2.05) is 0 Å². The molecular weight excluding hydrogens is 206 g/mol. The summed E-state index contributed by atoms with van der Waals surface area (Å²) in [6, 6.07) is 4.70. The molecule has 1 N–H and O–H groups in total. The molecule has 0 spiro atoms. The largest absolute Gasteiger partial charge is 0.506 e. The van der Waals surface area contributed by atoms with Gasteiger partial charge in [-0.3, -0.25) is 4.79 Å². The Hall–Kier alpha value is -1.55. The number of hydrogen-bond acceptors (Lipinski definition) is 4. The molecule has 0 atom stereocenters. The number of fused-ring (bicyclic) bond motifs is 1. The van der Waals surface area contributed by atoms with E-state index in [1.165, 1.54) is 6.07 Å². The van der Waals surface area contributed by atoms with Crippen LogP contribution < -0.4 is 0 Å². The average Bonchev–Trinajstić information content (AvgIpc) is 2.62. The molecule has 2 aromatic rings. The Morgan fingerprint density at radius 1 is 1.57 bits per heavy atom. The number of halogens is 1. The molecule has 0 fully saturated rings. The van der Waals surface area contributed by atoms with E-state index in [0.717, 1.165) is 0 Å². The van der Waals surface area contributed by atoms with Crippen LogP contribution in [0.15, 0.2) is 22.6 Å². The summed E-state index contributed by atoms with van der Waals surface area (Å²) >= 11 is 5.34. The molecule has 0 radical (unpaired) electrons. The van der Waals surface area contributed by atoms with Gasteiger partial charge < -0.3 is 9.52 Å². The third-order valence-corrected chi connectivity index (χ3v) is 2.00. The first-order chi connectivity index (χ1) is 6.72. The van der Waals surface area contributed by atoms with Crippen molar-refractivity contribution in [3.05, 3.63) is 24.1 Å². The van der Waals surface area contributed by atoms with Gasteiger partial charge in [-0.15, -0.1) is 11.6 Å². The maximum Gasteiger partial charge on any atom is 0.265 e. The number of benzene rings is 1. The van der Waals surface area contributed by atoms with Crippen molar-refractivity contribution < 1.29 is 14.3 Å². The van der Waals surface area contributed by atoms with Crippen LogP contribution in [0.5, 0.6) is 5.75 Å². The van der Waals surface area contributed by atoms with Crippen LogP contribution in [0.2, 0.25) is 0 Å². The van der Waals surface area contributed by atoms with E-state index in [4.69, 9.17) is 16.0 Å². The van der Waals surface area contributed by atoms with Crippen LogP contribution in [-0.4, -0.2) is 21.8 Å². The zero-order valence-electron chi connectivity index (χ0n) is 7.03. The molecule has 0 aliphatic carbocycles. The molecule has 0 saturated heterocycles. The maximum absolute atomic E-state index is 11.1. The van der Waals surface area contributed by atoms with Crippen LogP contribution in [0.25, 0.3) is 11.1 Å². The fourth-order valence-electron chi connectivity index (χ4n) is 1.11. The van der Waals surface area contributed by atoms with Crippen LogP contribution in [0, 0.1) is 0 Å². The number of carbonyl (C=O) groups excluding carboxylic acids is 1. The zero-order chi connectivity index (χ0) is 10.1. The Bertz CT molecular complexity index is 492. The number of aromatic hydroxyl groups is 1. The van der Waals surface area contributed by atoms with E-state index in [1.54, 1.807) is 12.1 Å². The molecule has 14 heavy (non-hydrogen) atoms. The van der Waals surface area contributed by atoms with Crippen LogP contribution >= 0.6 is 11.6 Å². The minimum Gasteiger partial charge on any atom is -0.506 e.